The molecular weight excluding hydrogens is 427 g/mol. The molecule has 0 atom stereocenters. The average molecular weight is 438 g/mol. The molecule has 0 spiro atoms. The van der Waals surface area contributed by atoms with E-state index in [1.54, 1.807) is 0 Å². The van der Waals surface area contributed by atoms with Crippen molar-refractivity contribution in [2.75, 3.05) is 0 Å². The highest BCUT2D eigenvalue weighted by Crippen LogP contribution is 2.40. The van der Waals surface area contributed by atoms with E-state index in [0.717, 1.165) is 18.2 Å². The molecule has 0 aromatic heterocycles. The van der Waals surface area contributed by atoms with Crippen LogP contribution < -0.4 is 4.74 Å². The van der Waals surface area contributed by atoms with E-state index in [0.29, 0.717) is 0 Å². The van der Waals surface area contributed by atoms with Crippen LogP contribution in [0.1, 0.15) is 15.9 Å². The van der Waals surface area contributed by atoms with Crippen molar-refractivity contribution in [1.82, 2.24) is 0 Å². The normalized spacial score (nSPS) is 11.2. The highest BCUT2D eigenvalue weighted by molar-refractivity contribution is 6.32. The van der Waals surface area contributed by atoms with Gasteiger partial charge in [-0.1, -0.05) is 35.9 Å². The summed E-state index contributed by atoms with van der Waals surface area (Å²) < 4.78 is 45.2. The van der Waals surface area contributed by atoms with E-state index in [4.69, 9.17) is 21.4 Å². The third-order valence-corrected chi connectivity index (χ3v) is 4.39. The first kappa shape index (κ1) is 21.1. The highest BCUT2D eigenvalue weighted by atomic mass is 35.5. The van der Waals surface area contributed by atoms with Crippen LogP contribution in [0.3, 0.4) is 0 Å². The van der Waals surface area contributed by atoms with Gasteiger partial charge in [0.2, 0.25) is 0 Å². The number of nitrogens with zero attached hydrogens (tertiary/aromatic N) is 1. The predicted molar refractivity (Wildman–Crippen MR) is 102 cm³/mol. The number of carboxylic acids is 1. The van der Waals surface area contributed by atoms with Gasteiger partial charge in [0.05, 0.1) is 15.5 Å². The molecule has 0 aliphatic rings. The van der Waals surface area contributed by atoms with Crippen molar-refractivity contribution < 1.29 is 32.7 Å². The Morgan fingerprint density at radius 2 is 1.77 bits per heavy atom. The van der Waals surface area contributed by atoms with Crippen LogP contribution >= 0.6 is 11.6 Å². The molecule has 3 aromatic carbocycles. The zero-order chi connectivity index (χ0) is 22.1. The number of benzene rings is 3. The number of hydrogen-bond donors (Lipinski definition) is 1. The molecule has 0 fully saturated rings. The van der Waals surface area contributed by atoms with Gasteiger partial charge in [0.15, 0.2) is 0 Å². The molecule has 10 heteroatoms. The third-order valence-electron chi connectivity index (χ3n) is 4.10. The molecular formula is C20H11ClF3NO5. The maximum atomic E-state index is 13.2. The quantitative estimate of drug-likeness (QED) is 0.367. The van der Waals surface area contributed by atoms with E-state index < -0.39 is 33.9 Å². The third kappa shape index (κ3) is 4.36. The van der Waals surface area contributed by atoms with Crippen LogP contribution in [-0.4, -0.2) is 16.0 Å². The van der Waals surface area contributed by atoms with Crippen LogP contribution in [0.25, 0.3) is 11.1 Å². The predicted octanol–water partition coefficient (Wildman–Crippen LogP) is 6.42. The minimum Gasteiger partial charge on any atom is -0.477 e. The first-order valence-corrected chi connectivity index (χ1v) is 8.61. The average Bonchev–Trinajstić information content (AvgIpc) is 2.68. The fraction of sp³-hybridized carbons (Fsp3) is 0.0500. The van der Waals surface area contributed by atoms with Crippen molar-refractivity contribution in [3.63, 3.8) is 0 Å². The van der Waals surface area contributed by atoms with Crippen LogP contribution in [0.4, 0.5) is 18.9 Å². The molecule has 0 saturated carbocycles. The molecule has 154 valence electrons. The zero-order valence-corrected chi connectivity index (χ0v) is 15.6. The van der Waals surface area contributed by atoms with Crippen LogP contribution in [0.5, 0.6) is 11.5 Å². The minimum atomic E-state index is -4.55. The molecule has 0 heterocycles. The Hall–Kier alpha value is -3.59. The summed E-state index contributed by atoms with van der Waals surface area (Å²) in [4.78, 5) is 21.3. The van der Waals surface area contributed by atoms with Gasteiger partial charge in [0.1, 0.15) is 17.1 Å². The minimum absolute atomic E-state index is 0.0281. The molecule has 3 aromatic rings. The Kier molecular flexibility index (Phi) is 5.66. The number of nitro groups is 1. The van der Waals surface area contributed by atoms with Gasteiger partial charge in [-0.05, 0) is 35.4 Å². The largest absolute Gasteiger partial charge is 0.477 e. The number of aromatic carboxylic acids is 1. The first-order chi connectivity index (χ1) is 14.1. The smallest absolute Gasteiger partial charge is 0.417 e. The van der Waals surface area contributed by atoms with Crippen molar-refractivity contribution in [2.24, 2.45) is 0 Å². The summed E-state index contributed by atoms with van der Waals surface area (Å²) in [5, 5.41) is 20.0. The van der Waals surface area contributed by atoms with E-state index >= 15 is 0 Å². The molecule has 0 bridgehead atoms. The van der Waals surface area contributed by atoms with E-state index in [2.05, 4.69) is 0 Å². The molecule has 1 N–H and O–H groups in total. The van der Waals surface area contributed by atoms with Gasteiger partial charge in [0, 0.05) is 12.1 Å². The van der Waals surface area contributed by atoms with Crippen LogP contribution in [-0.2, 0) is 6.18 Å². The molecule has 0 saturated heterocycles. The highest BCUT2D eigenvalue weighted by Gasteiger charge is 2.33. The van der Waals surface area contributed by atoms with Crippen molar-refractivity contribution >= 4 is 23.3 Å². The summed E-state index contributed by atoms with van der Waals surface area (Å²) in [6.45, 7) is 0. The van der Waals surface area contributed by atoms with Gasteiger partial charge in [0.25, 0.3) is 5.69 Å². The lowest BCUT2D eigenvalue weighted by Gasteiger charge is -2.14. The lowest BCUT2D eigenvalue weighted by Crippen LogP contribution is -2.06. The van der Waals surface area contributed by atoms with Crippen molar-refractivity contribution in [2.45, 2.75) is 6.18 Å². The van der Waals surface area contributed by atoms with E-state index in [1.807, 2.05) is 0 Å². The molecule has 3 rings (SSSR count). The molecule has 0 radical (unpaired) electrons. The van der Waals surface area contributed by atoms with Gasteiger partial charge in [-0.15, -0.1) is 0 Å². The Labute approximate surface area is 172 Å². The van der Waals surface area contributed by atoms with Gasteiger partial charge in [-0.2, -0.15) is 13.2 Å². The molecule has 6 nitrogen and oxygen atoms in total. The zero-order valence-electron chi connectivity index (χ0n) is 14.8. The van der Waals surface area contributed by atoms with Crippen molar-refractivity contribution in [1.29, 1.82) is 0 Å². The fourth-order valence-corrected chi connectivity index (χ4v) is 2.99. The number of alkyl halides is 3. The SMILES string of the molecule is O=C(O)c1cc(Oc2ccc(-c3ccccc3C(F)(F)F)cc2Cl)ccc1[N+](=O)[O-]. The lowest BCUT2D eigenvalue weighted by atomic mass is 9.99. The second kappa shape index (κ2) is 8.03. The van der Waals surface area contributed by atoms with Gasteiger partial charge >= 0.3 is 12.1 Å². The summed E-state index contributed by atoms with van der Waals surface area (Å²) in [5.74, 6) is -1.52. The van der Waals surface area contributed by atoms with Crippen molar-refractivity contribution in [3.05, 3.63) is 86.9 Å². The van der Waals surface area contributed by atoms with Crippen LogP contribution in [0, 0.1) is 10.1 Å². The lowest BCUT2D eigenvalue weighted by molar-refractivity contribution is -0.385. The summed E-state index contributed by atoms with van der Waals surface area (Å²) in [6, 6.07) is 12.1. The standard InChI is InChI=1S/C20H11ClF3NO5/c21-16-9-11(13-3-1-2-4-15(13)20(22,23)24)5-8-18(16)30-12-6-7-17(25(28)29)14(10-12)19(26)27/h1-10H,(H,26,27). The van der Waals surface area contributed by atoms with E-state index in [9.17, 15) is 28.1 Å². The Morgan fingerprint density at radius 1 is 1.07 bits per heavy atom. The maximum Gasteiger partial charge on any atom is 0.417 e. The van der Waals surface area contributed by atoms with Gasteiger partial charge < -0.3 is 9.84 Å². The van der Waals surface area contributed by atoms with Crippen LogP contribution in [0.15, 0.2) is 60.7 Å². The van der Waals surface area contributed by atoms with Gasteiger partial charge in [-0.3, -0.25) is 10.1 Å². The number of ether oxygens (including phenoxy) is 1. The topological polar surface area (TPSA) is 89.7 Å². The molecule has 0 aliphatic heterocycles. The number of halogens is 4. The maximum absolute atomic E-state index is 13.2. The number of nitro benzene ring substituents is 1. The second-order valence-electron chi connectivity index (χ2n) is 6.03. The summed E-state index contributed by atoms with van der Waals surface area (Å²) in [5.41, 5.74) is -1.88. The summed E-state index contributed by atoms with van der Waals surface area (Å²) in [7, 11) is 0. The molecule has 0 amide bonds. The Balaban J connectivity index is 1.96. The van der Waals surface area contributed by atoms with Crippen LogP contribution in [0.2, 0.25) is 5.02 Å². The monoisotopic (exact) mass is 437 g/mol. The first-order valence-electron chi connectivity index (χ1n) is 8.23. The Morgan fingerprint density at radius 3 is 2.37 bits per heavy atom. The number of carbonyl (C=O) groups is 1. The van der Waals surface area contributed by atoms with Crippen molar-refractivity contribution in [3.8, 4) is 22.6 Å². The number of carboxylic acid groups (broad SMARTS) is 1. The number of hydrogen-bond acceptors (Lipinski definition) is 4. The van der Waals surface area contributed by atoms with Gasteiger partial charge in [-0.25, -0.2) is 4.79 Å². The second-order valence-corrected chi connectivity index (χ2v) is 6.44. The van der Waals surface area contributed by atoms with E-state index in [-0.39, 0.29) is 27.6 Å². The summed E-state index contributed by atoms with van der Waals surface area (Å²) >= 11 is 6.15. The molecule has 0 aliphatic carbocycles. The molecule has 30 heavy (non-hydrogen) atoms. The number of rotatable bonds is 5. The van der Waals surface area contributed by atoms with E-state index in [1.165, 1.54) is 42.5 Å². The summed E-state index contributed by atoms with van der Waals surface area (Å²) in [6.07, 6.45) is -4.55. The molecule has 0 unspecified atom stereocenters. The fourth-order valence-electron chi connectivity index (χ4n) is 2.77. The Bertz CT molecular complexity index is 1150.